The monoisotopic (exact) mass is 401 g/mol. The molecule has 2 aliphatic carbocycles. The second-order valence-corrected chi connectivity index (χ2v) is 8.19. The standard InChI is InChI=1S/C21H31N5O3/c1-21(2,29)15-11-25-26(12-15)20-9-18(22-3)14(8-19(20)24-13-27)10-23-16-4-6-17(28)7-5-16/h8-13,16-18,22-23,28-29H,4-7H2,1-3H3,(H,24,27)/b14-10-. The van der Waals surface area contributed by atoms with Gasteiger partial charge in [0.2, 0.25) is 6.41 Å². The van der Waals surface area contributed by atoms with Gasteiger partial charge in [-0.1, -0.05) is 0 Å². The van der Waals surface area contributed by atoms with Crippen LogP contribution in [0.3, 0.4) is 0 Å². The predicted octanol–water partition coefficient (Wildman–Crippen LogP) is 0.960. The van der Waals surface area contributed by atoms with E-state index in [1.54, 1.807) is 30.9 Å². The van der Waals surface area contributed by atoms with Gasteiger partial charge in [-0.15, -0.1) is 0 Å². The molecule has 158 valence electrons. The molecule has 1 aromatic heterocycles. The number of carbonyl (C=O) groups excluding carboxylic acids is 1. The number of allylic oxidation sites excluding steroid dienone is 1. The lowest BCUT2D eigenvalue weighted by atomic mass is 9.93. The van der Waals surface area contributed by atoms with E-state index in [-0.39, 0.29) is 12.1 Å². The normalized spacial score (nSPS) is 26.7. The molecule has 5 N–H and O–H groups in total. The summed E-state index contributed by atoms with van der Waals surface area (Å²) in [6.07, 6.45) is 13.2. The Morgan fingerprint density at radius 2 is 2.00 bits per heavy atom. The van der Waals surface area contributed by atoms with Crippen molar-refractivity contribution in [2.45, 2.75) is 63.3 Å². The zero-order chi connectivity index (χ0) is 21.0. The minimum Gasteiger partial charge on any atom is -0.393 e. The molecule has 0 aliphatic heterocycles. The average Bonchev–Trinajstić information content (AvgIpc) is 3.18. The van der Waals surface area contributed by atoms with E-state index in [4.69, 9.17) is 0 Å². The summed E-state index contributed by atoms with van der Waals surface area (Å²) in [6, 6.07) is 0.267. The number of aromatic nitrogens is 2. The van der Waals surface area contributed by atoms with Gasteiger partial charge in [0.05, 0.1) is 35.3 Å². The van der Waals surface area contributed by atoms with Gasteiger partial charge in [-0.3, -0.25) is 4.79 Å². The van der Waals surface area contributed by atoms with Gasteiger partial charge < -0.3 is 26.2 Å². The van der Waals surface area contributed by atoms with Gasteiger partial charge in [0.1, 0.15) is 0 Å². The van der Waals surface area contributed by atoms with Crippen LogP contribution in [0.1, 0.15) is 45.1 Å². The zero-order valence-corrected chi connectivity index (χ0v) is 17.2. The van der Waals surface area contributed by atoms with Gasteiger partial charge in [0, 0.05) is 24.0 Å². The number of nitrogens with zero attached hydrogens (tertiary/aromatic N) is 2. The number of nitrogens with one attached hydrogen (secondary N) is 3. The maximum atomic E-state index is 11.2. The predicted molar refractivity (Wildman–Crippen MR) is 111 cm³/mol. The molecule has 1 fully saturated rings. The largest absolute Gasteiger partial charge is 0.393 e. The molecule has 8 heteroatoms. The van der Waals surface area contributed by atoms with E-state index in [2.05, 4.69) is 21.0 Å². The van der Waals surface area contributed by atoms with E-state index in [1.807, 2.05) is 25.4 Å². The topological polar surface area (TPSA) is 111 Å². The Labute approximate surface area is 171 Å². The van der Waals surface area contributed by atoms with E-state index >= 15 is 0 Å². The van der Waals surface area contributed by atoms with Crippen LogP contribution in [0.15, 0.2) is 42.0 Å². The van der Waals surface area contributed by atoms with Crippen molar-refractivity contribution in [3.8, 4) is 0 Å². The first-order valence-electron chi connectivity index (χ1n) is 10.0. The molecule has 1 heterocycles. The highest BCUT2D eigenvalue weighted by atomic mass is 16.3. The van der Waals surface area contributed by atoms with Crippen LogP contribution in [0.25, 0.3) is 5.70 Å². The lowest BCUT2D eigenvalue weighted by Crippen LogP contribution is -2.34. The fourth-order valence-electron chi connectivity index (χ4n) is 3.66. The van der Waals surface area contributed by atoms with Crippen molar-refractivity contribution >= 4 is 12.1 Å². The molecule has 0 saturated heterocycles. The van der Waals surface area contributed by atoms with Crippen LogP contribution in [0.4, 0.5) is 0 Å². The average molecular weight is 402 g/mol. The Morgan fingerprint density at radius 3 is 2.59 bits per heavy atom. The highest BCUT2D eigenvalue weighted by Gasteiger charge is 2.24. The molecule has 29 heavy (non-hydrogen) atoms. The molecule has 1 atom stereocenters. The van der Waals surface area contributed by atoms with Crippen molar-refractivity contribution in [1.82, 2.24) is 25.7 Å². The summed E-state index contributed by atoms with van der Waals surface area (Å²) in [7, 11) is 1.88. The first kappa shape index (κ1) is 21.3. The molecule has 1 unspecified atom stereocenters. The molecular formula is C21H31N5O3. The first-order valence-corrected chi connectivity index (χ1v) is 10.0. The Kier molecular flexibility index (Phi) is 6.56. The minimum atomic E-state index is -1.000. The van der Waals surface area contributed by atoms with E-state index in [1.165, 1.54) is 0 Å². The quantitative estimate of drug-likeness (QED) is 0.435. The second kappa shape index (κ2) is 8.94. The van der Waals surface area contributed by atoms with Crippen molar-refractivity contribution in [3.05, 3.63) is 47.6 Å². The minimum absolute atomic E-state index is 0.0707. The lowest BCUT2D eigenvalue weighted by Gasteiger charge is -2.28. The summed E-state index contributed by atoms with van der Waals surface area (Å²) < 4.78 is 1.66. The van der Waals surface area contributed by atoms with E-state index in [9.17, 15) is 15.0 Å². The summed E-state index contributed by atoms with van der Waals surface area (Å²) in [4.78, 5) is 11.2. The molecule has 0 bridgehead atoms. The highest BCUT2D eigenvalue weighted by Crippen LogP contribution is 2.27. The summed E-state index contributed by atoms with van der Waals surface area (Å²) >= 11 is 0. The van der Waals surface area contributed by atoms with Crippen LogP contribution in [-0.4, -0.2) is 51.6 Å². The second-order valence-electron chi connectivity index (χ2n) is 8.19. The van der Waals surface area contributed by atoms with Crippen LogP contribution in [-0.2, 0) is 10.4 Å². The molecule has 0 radical (unpaired) electrons. The molecule has 1 saturated carbocycles. The summed E-state index contributed by atoms with van der Waals surface area (Å²) in [6.45, 7) is 3.41. The summed E-state index contributed by atoms with van der Waals surface area (Å²) in [5.74, 6) is 0. The Bertz CT molecular complexity index is 811. The molecule has 2 aliphatic rings. The third-order valence-corrected chi connectivity index (χ3v) is 5.51. The molecular weight excluding hydrogens is 370 g/mol. The fraction of sp³-hybridized carbons (Fsp3) is 0.524. The van der Waals surface area contributed by atoms with Gasteiger partial charge in [-0.2, -0.15) is 5.10 Å². The van der Waals surface area contributed by atoms with Gasteiger partial charge in [-0.05, 0) is 64.3 Å². The number of likely N-dealkylation sites (N-methyl/N-ethyl adjacent to an activating group) is 1. The molecule has 1 amide bonds. The van der Waals surface area contributed by atoms with Crippen LogP contribution in [0.5, 0.6) is 0 Å². The Balaban J connectivity index is 1.84. The van der Waals surface area contributed by atoms with Crippen LogP contribution < -0.4 is 16.0 Å². The van der Waals surface area contributed by atoms with Crippen molar-refractivity contribution in [2.75, 3.05) is 7.05 Å². The molecule has 0 aromatic carbocycles. The van der Waals surface area contributed by atoms with E-state index in [0.29, 0.717) is 23.7 Å². The van der Waals surface area contributed by atoms with Crippen molar-refractivity contribution in [3.63, 3.8) is 0 Å². The van der Waals surface area contributed by atoms with E-state index < -0.39 is 5.60 Å². The van der Waals surface area contributed by atoms with Gasteiger partial charge in [0.15, 0.2) is 0 Å². The van der Waals surface area contributed by atoms with Gasteiger partial charge in [0.25, 0.3) is 0 Å². The number of amides is 1. The van der Waals surface area contributed by atoms with E-state index in [0.717, 1.165) is 37.0 Å². The van der Waals surface area contributed by atoms with Crippen LogP contribution in [0.2, 0.25) is 0 Å². The van der Waals surface area contributed by atoms with Gasteiger partial charge in [-0.25, -0.2) is 4.68 Å². The highest BCUT2D eigenvalue weighted by molar-refractivity contribution is 5.73. The number of carbonyl (C=O) groups is 1. The SMILES string of the molecule is CNC1C=C(n2cc(C(C)(C)O)cn2)C(NC=O)=C/C1=C/NC1CCC(O)CC1. The Hall–Kier alpha value is -2.42. The number of aliphatic hydroxyl groups excluding tert-OH is 1. The molecule has 1 aromatic rings. The Morgan fingerprint density at radius 1 is 1.28 bits per heavy atom. The number of rotatable bonds is 7. The lowest BCUT2D eigenvalue weighted by molar-refractivity contribution is -0.108. The van der Waals surface area contributed by atoms with Crippen LogP contribution in [0, 0.1) is 0 Å². The maximum Gasteiger partial charge on any atom is 0.211 e. The first-order chi connectivity index (χ1) is 13.8. The summed E-state index contributed by atoms with van der Waals surface area (Å²) in [5, 5.41) is 33.7. The molecule has 3 rings (SSSR count). The third-order valence-electron chi connectivity index (χ3n) is 5.51. The van der Waals surface area contributed by atoms with Crippen molar-refractivity contribution in [1.29, 1.82) is 0 Å². The van der Waals surface area contributed by atoms with Crippen molar-refractivity contribution < 1.29 is 15.0 Å². The van der Waals surface area contributed by atoms with Crippen LogP contribution >= 0.6 is 0 Å². The maximum absolute atomic E-state index is 11.2. The molecule has 8 nitrogen and oxygen atoms in total. The van der Waals surface area contributed by atoms with Gasteiger partial charge >= 0.3 is 0 Å². The number of hydrogen-bond donors (Lipinski definition) is 5. The van der Waals surface area contributed by atoms with Crippen molar-refractivity contribution in [2.24, 2.45) is 0 Å². The molecule has 0 spiro atoms. The third kappa shape index (κ3) is 5.14. The fourth-order valence-corrected chi connectivity index (χ4v) is 3.66. The summed E-state index contributed by atoms with van der Waals surface area (Å²) in [5.41, 5.74) is 2.03. The zero-order valence-electron chi connectivity index (χ0n) is 17.2. The number of hydrogen-bond acceptors (Lipinski definition) is 6. The smallest absolute Gasteiger partial charge is 0.211 e. The number of aliphatic hydroxyl groups is 2.